The summed E-state index contributed by atoms with van der Waals surface area (Å²) < 4.78 is 13.0. The molecule has 0 unspecified atom stereocenters. The molecule has 1 fully saturated rings. The van der Waals surface area contributed by atoms with Crippen LogP contribution in [0.5, 0.6) is 0 Å². The molecule has 144 valence electrons. The number of amides is 1. The van der Waals surface area contributed by atoms with E-state index in [1.165, 1.54) is 12.1 Å². The Hall–Kier alpha value is -2.60. The fourth-order valence-corrected chi connectivity index (χ4v) is 3.31. The lowest BCUT2D eigenvalue weighted by molar-refractivity contribution is -0.120. The van der Waals surface area contributed by atoms with E-state index in [0.29, 0.717) is 0 Å². The molecular formula is C21H26FN3O2. The van der Waals surface area contributed by atoms with E-state index in [1.54, 1.807) is 12.1 Å². The molecule has 1 aliphatic heterocycles. The highest BCUT2D eigenvalue weighted by Gasteiger charge is 2.19. The third-order valence-corrected chi connectivity index (χ3v) is 4.90. The minimum Gasteiger partial charge on any atom is -0.393 e. The molecule has 3 rings (SSSR count). The lowest BCUT2D eigenvalue weighted by atomic mass is 10.1. The SMILES string of the molecule is C[C@@H](NC(=O)CNc1ccccc1N1CCC(O)CC1)c1ccc(F)cc1. The third-order valence-electron chi connectivity index (χ3n) is 4.90. The molecule has 3 N–H and O–H groups in total. The number of hydrogen-bond donors (Lipinski definition) is 3. The van der Waals surface area contributed by atoms with E-state index < -0.39 is 0 Å². The van der Waals surface area contributed by atoms with Gasteiger partial charge in [-0.2, -0.15) is 0 Å². The van der Waals surface area contributed by atoms with E-state index >= 15 is 0 Å². The van der Waals surface area contributed by atoms with E-state index in [1.807, 2.05) is 31.2 Å². The number of para-hydroxylation sites is 2. The zero-order valence-corrected chi connectivity index (χ0v) is 15.5. The molecule has 1 heterocycles. The summed E-state index contributed by atoms with van der Waals surface area (Å²) in [5.41, 5.74) is 2.80. The number of aliphatic hydroxyl groups is 1. The van der Waals surface area contributed by atoms with Crippen molar-refractivity contribution in [2.75, 3.05) is 29.9 Å². The smallest absolute Gasteiger partial charge is 0.239 e. The van der Waals surface area contributed by atoms with E-state index in [9.17, 15) is 14.3 Å². The number of rotatable bonds is 6. The number of halogens is 1. The lowest BCUT2D eigenvalue weighted by Crippen LogP contribution is -2.36. The Morgan fingerprint density at radius 2 is 1.85 bits per heavy atom. The van der Waals surface area contributed by atoms with Gasteiger partial charge in [0.25, 0.3) is 0 Å². The summed E-state index contributed by atoms with van der Waals surface area (Å²) in [5.74, 6) is -0.420. The van der Waals surface area contributed by atoms with Crippen LogP contribution in [0.4, 0.5) is 15.8 Å². The maximum atomic E-state index is 13.0. The quantitative estimate of drug-likeness (QED) is 0.730. The second-order valence-corrected chi connectivity index (χ2v) is 6.93. The first kappa shape index (κ1) is 19.2. The summed E-state index contributed by atoms with van der Waals surface area (Å²) in [6, 6.07) is 13.8. The van der Waals surface area contributed by atoms with E-state index in [2.05, 4.69) is 15.5 Å². The Kier molecular flexibility index (Phi) is 6.29. The number of carbonyl (C=O) groups is 1. The van der Waals surface area contributed by atoms with Gasteiger partial charge in [0, 0.05) is 13.1 Å². The first-order chi connectivity index (χ1) is 13.0. The summed E-state index contributed by atoms with van der Waals surface area (Å²) in [6.07, 6.45) is 1.29. The fourth-order valence-electron chi connectivity index (χ4n) is 3.31. The van der Waals surface area contributed by atoms with Crippen LogP contribution in [0.25, 0.3) is 0 Å². The second-order valence-electron chi connectivity index (χ2n) is 6.93. The average Bonchev–Trinajstić information content (AvgIpc) is 2.68. The van der Waals surface area contributed by atoms with Crippen molar-refractivity contribution < 1.29 is 14.3 Å². The zero-order chi connectivity index (χ0) is 19.2. The molecule has 0 spiro atoms. The first-order valence-electron chi connectivity index (χ1n) is 9.33. The minimum atomic E-state index is -0.291. The highest BCUT2D eigenvalue weighted by atomic mass is 19.1. The van der Waals surface area contributed by atoms with Crippen LogP contribution in [0.15, 0.2) is 48.5 Å². The van der Waals surface area contributed by atoms with Crippen LogP contribution in [0.1, 0.15) is 31.4 Å². The minimum absolute atomic E-state index is 0.129. The Bertz CT molecular complexity index is 758. The molecule has 1 saturated heterocycles. The predicted molar refractivity (Wildman–Crippen MR) is 105 cm³/mol. The van der Waals surface area contributed by atoms with Gasteiger partial charge in [0.1, 0.15) is 5.82 Å². The van der Waals surface area contributed by atoms with Gasteiger partial charge in [0.15, 0.2) is 0 Å². The van der Waals surface area contributed by atoms with Crippen molar-refractivity contribution in [3.8, 4) is 0 Å². The molecule has 0 aliphatic carbocycles. The molecule has 1 atom stereocenters. The Morgan fingerprint density at radius 1 is 1.19 bits per heavy atom. The molecule has 5 nitrogen and oxygen atoms in total. The molecule has 27 heavy (non-hydrogen) atoms. The summed E-state index contributed by atoms with van der Waals surface area (Å²) in [4.78, 5) is 14.5. The fraction of sp³-hybridized carbons (Fsp3) is 0.381. The molecule has 0 aromatic heterocycles. The van der Waals surface area contributed by atoms with Crippen LogP contribution in [-0.4, -0.2) is 36.8 Å². The van der Waals surface area contributed by atoms with Crippen molar-refractivity contribution in [1.29, 1.82) is 0 Å². The molecule has 1 amide bonds. The summed E-state index contributed by atoms with van der Waals surface area (Å²) in [6.45, 7) is 3.62. The van der Waals surface area contributed by atoms with Crippen molar-refractivity contribution in [1.82, 2.24) is 5.32 Å². The summed E-state index contributed by atoms with van der Waals surface area (Å²) >= 11 is 0. The van der Waals surface area contributed by atoms with Crippen LogP contribution in [-0.2, 0) is 4.79 Å². The highest BCUT2D eigenvalue weighted by Crippen LogP contribution is 2.28. The number of carbonyl (C=O) groups excluding carboxylic acids is 1. The Balaban J connectivity index is 1.56. The van der Waals surface area contributed by atoms with E-state index in [4.69, 9.17) is 0 Å². The molecule has 1 aliphatic rings. The summed E-state index contributed by atoms with van der Waals surface area (Å²) in [7, 11) is 0. The average molecular weight is 371 g/mol. The van der Waals surface area contributed by atoms with Crippen LogP contribution in [0.3, 0.4) is 0 Å². The standard InChI is InChI=1S/C21H26FN3O2/c1-15(16-6-8-17(22)9-7-16)24-21(27)14-23-19-4-2-3-5-20(19)25-12-10-18(26)11-13-25/h2-9,15,18,23,26H,10-14H2,1H3,(H,24,27)/t15-/m1/s1. The molecule has 0 radical (unpaired) electrons. The topological polar surface area (TPSA) is 64.6 Å². The molecular weight excluding hydrogens is 345 g/mol. The van der Waals surface area contributed by atoms with Crippen LogP contribution < -0.4 is 15.5 Å². The van der Waals surface area contributed by atoms with Crippen LogP contribution in [0.2, 0.25) is 0 Å². The number of anilines is 2. The van der Waals surface area contributed by atoms with Gasteiger partial charge in [0.2, 0.25) is 5.91 Å². The number of nitrogens with one attached hydrogen (secondary N) is 2. The zero-order valence-electron chi connectivity index (χ0n) is 15.5. The Labute approximate surface area is 159 Å². The Morgan fingerprint density at radius 3 is 2.56 bits per heavy atom. The normalized spacial score (nSPS) is 16.0. The highest BCUT2D eigenvalue weighted by molar-refractivity contribution is 5.83. The van der Waals surface area contributed by atoms with E-state index in [-0.39, 0.29) is 30.4 Å². The van der Waals surface area contributed by atoms with Gasteiger partial charge in [-0.25, -0.2) is 4.39 Å². The van der Waals surface area contributed by atoms with Gasteiger partial charge in [-0.1, -0.05) is 24.3 Å². The largest absolute Gasteiger partial charge is 0.393 e. The number of nitrogens with zero attached hydrogens (tertiary/aromatic N) is 1. The third kappa shape index (κ3) is 5.20. The second kappa shape index (κ2) is 8.86. The summed E-state index contributed by atoms with van der Waals surface area (Å²) in [5, 5.41) is 15.8. The van der Waals surface area contributed by atoms with Gasteiger partial charge >= 0.3 is 0 Å². The van der Waals surface area contributed by atoms with Gasteiger partial charge in [-0.05, 0) is 49.6 Å². The van der Waals surface area contributed by atoms with Crippen LogP contribution in [0, 0.1) is 5.82 Å². The molecule has 6 heteroatoms. The lowest BCUT2D eigenvalue weighted by Gasteiger charge is -2.33. The van der Waals surface area contributed by atoms with Crippen molar-refractivity contribution in [2.24, 2.45) is 0 Å². The number of aliphatic hydroxyl groups excluding tert-OH is 1. The number of benzene rings is 2. The number of piperidine rings is 1. The van der Waals surface area contributed by atoms with Crippen molar-refractivity contribution in [2.45, 2.75) is 31.9 Å². The van der Waals surface area contributed by atoms with Gasteiger partial charge in [-0.3, -0.25) is 4.79 Å². The molecule has 0 saturated carbocycles. The van der Waals surface area contributed by atoms with Crippen molar-refractivity contribution in [3.63, 3.8) is 0 Å². The molecule has 2 aromatic carbocycles. The van der Waals surface area contributed by atoms with Gasteiger partial charge < -0.3 is 20.6 Å². The number of hydrogen-bond acceptors (Lipinski definition) is 4. The molecule has 2 aromatic rings. The van der Waals surface area contributed by atoms with Gasteiger partial charge in [0.05, 0.1) is 30.1 Å². The monoisotopic (exact) mass is 371 g/mol. The maximum Gasteiger partial charge on any atom is 0.239 e. The first-order valence-corrected chi connectivity index (χ1v) is 9.33. The predicted octanol–water partition coefficient (Wildman–Crippen LogP) is 3.08. The van der Waals surface area contributed by atoms with E-state index in [0.717, 1.165) is 42.9 Å². The van der Waals surface area contributed by atoms with Crippen LogP contribution >= 0.6 is 0 Å². The molecule has 0 bridgehead atoms. The van der Waals surface area contributed by atoms with Crippen molar-refractivity contribution >= 4 is 17.3 Å². The van der Waals surface area contributed by atoms with Gasteiger partial charge in [-0.15, -0.1) is 0 Å². The maximum absolute atomic E-state index is 13.0. The van der Waals surface area contributed by atoms with Crippen molar-refractivity contribution in [3.05, 3.63) is 59.9 Å².